The van der Waals surface area contributed by atoms with Gasteiger partial charge in [-0.1, -0.05) is 29.8 Å². The summed E-state index contributed by atoms with van der Waals surface area (Å²) >= 11 is 5.84. The van der Waals surface area contributed by atoms with Gasteiger partial charge in [0.2, 0.25) is 0 Å². The van der Waals surface area contributed by atoms with Gasteiger partial charge in [0.05, 0.1) is 5.56 Å². The number of para-hydroxylation sites is 1. The maximum Gasteiger partial charge on any atom is 0.534 e. The molecular weight excluding hydrogens is 566 g/mol. The van der Waals surface area contributed by atoms with Crippen molar-refractivity contribution in [2.45, 2.75) is 56.7 Å². The average Bonchev–Trinajstić information content (AvgIpc) is 2.82. The van der Waals surface area contributed by atoms with E-state index < -0.39 is 45.0 Å². The van der Waals surface area contributed by atoms with E-state index in [1.165, 1.54) is 18.2 Å². The lowest BCUT2D eigenvalue weighted by Gasteiger charge is -2.35. The number of nitrogens with zero attached hydrogens (tertiary/aromatic N) is 1. The predicted molar refractivity (Wildman–Crippen MR) is 135 cm³/mol. The number of carbonyl (C=O) groups is 1. The van der Waals surface area contributed by atoms with Crippen molar-refractivity contribution >= 4 is 33.6 Å². The van der Waals surface area contributed by atoms with Crippen molar-refractivity contribution in [3.8, 4) is 5.75 Å². The van der Waals surface area contributed by atoms with Gasteiger partial charge in [0.1, 0.15) is 23.3 Å². The number of halogens is 5. The molecule has 4 rings (SSSR count). The number of likely N-dealkylation sites (tertiary alicyclic amines) is 1. The van der Waals surface area contributed by atoms with E-state index >= 15 is 0 Å². The van der Waals surface area contributed by atoms with Gasteiger partial charge >= 0.3 is 21.7 Å². The van der Waals surface area contributed by atoms with Crippen LogP contribution in [0, 0.1) is 5.82 Å². The summed E-state index contributed by atoms with van der Waals surface area (Å²) in [5.41, 5.74) is -5.88. The van der Waals surface area contributed by atoms with Crippen molar-refractivity contribution in [1.82, 2.24) is 4.90 Å². The smallest absolute Gasteiger partial charge is 0.480 e. The molecule has 1 fully saturated rings. The van der Waals surface area contributed by atoms with Crippen molar-refractivity contribution in [3.63, 3.8) is 0 Å². The highest BCUT2D eigenvalue weighted by atomic mass is 35.5. The van der Waals surface area contributed by atoms with Crippen LogP contribution in [0.4, 0.5) is 22.4 Å². The Balaban J connectivity index is 1.69. The summed E-state index contributed by atoms with van der Waals surface area (Å²) in [4.78, 5) is 14.0. The fourth-order valence-corrected chi connectivity index (χ4v) is 5.05. The summed E-state index contributed by atoms with van der Waals surface area (Å²) in [7, 11) is -6.03. The molecule has 0 radical (unpaired) electrons. The van der Waals surface area contributed by atoms with E-state index in [1.807, 2.05) is 0 Å². The first-order chi connectivity index (χ1) is 18.1. The number of benzene rings is 2. The van der Waals surface area contributed by atoms with E-state index in [1.54, 1.807) is 37.8 Å². The molecular formula is C26H26ClF4NO6S. The Morgan fingerprint density at radius 1 is 1.08 bits per heavy atom. The minimum atomic E-state index is -6.03. The highest BCUT2D eigenvalue weighted by Gasteiger charge is 2.49. The summed E-state index contributed by atoms with van der Waals surface area (Å²) in [5, 5.41) is 0.0880. The number of hydrogen-bond acceptors (Lipinski definition) is 6. The van der Waals surface area contributed by atoms with Gasteiger partial charge in [-0.25, -0.2) is 9.18 Å². The number of amides is 1. The van der Waals surface area contributed by atoms with Gasteiger partial charge in [-0.3, -0.25) is 0 Å². The first-order valence-corrected chi connectivity index (χ1v) is 13.8. The number of fused-ring (bicyclic) bond motifs is 1. The third-order valence-corrected chi connectivity index (χ3v) is 7.40. The molecule has 0 spiro atoms. The molecule has 1 saturated heterocycles. The maximum atomic E-state index is 14.8. The number of carbonyl (C=O) groups excluding carboxylic acids is 1. The van der Waals surface area contributed by atoms with Crippen molar-refractivity contribution in [2.75, 3.05) is 13.1 Å². The van der Waals surface area contributed by atoms with E-state index in [4.69, 9.17) is 21.1 Å². The molecule has 0 saturated carbocycles. The Hall–Kier alpha value is -2.99. The minimum absolute atomic E-state index is 0.0273. The van der Waals surface area contributed by atoms with Crippen LogP contribution in [0.25, 0.3) is 5.76 Å². The summed E-state index contributed by atoms with van der Waals surface area (Å²) in [6.45, 7) is 5.98. The summed E-state index contributed by atoms with van der Waals surface area (Å²) < 4.78 is 94.1. The maximum absolute atomic E-state index is 14.8. The van der Waals surface area contributed by atoms with Crippen LogP contribution >= 0.6 is 11.6 Å². The summed E-state index contributed by atoms with van der Waals surface area (Å²) in [5.74, 6) is -1.57. The van der Waals surface area contributed by atoms with Crippen molar-refractivity contribution < 1.29 is 44.4 Å². The highest BCUT2D eigenvalue weighted by molar-refractivity contribution is 7.87. The third kappa shape index (κ3) is 6.43. The minimum Gasteiger partial charge on any atom is -0.480 e. The molecule has 2 aliphatic rings. The summed E-state index contributed by atoms with van der Waals surface area (Å²) in [6, 6.07) is 8.27. The number of piperidine rings is 1. The van der Waals surface area contributed by atoms with Crippen LogP contribution in [0.5, 0.6) is 5.75 Å². The molecule has 2 aromatic carbocycles. The molecule has 0 aromatic heterocycles. The summed E-state index contributed by atoms with van der Waals surface area (Å²) in [6.07, 6.45) is 0.157. The lowest BCUT2D eigenvalue weighted by molar-refractivity contribution is -0.0510. The molecule has 0 bridgehead atoms. The highest BCUT2D eigenvalue weighted by Crippen LogP contribution is 2.46. The van der Waals surface area contributed by atoms with Crippen LogP contribution in [0.3, 0.4) is 0 Å². The van der Waals surface area contributed by atoms with Gasteiger partial charge in [0.25, 0.3) is 0 Å². The van der Waals surface area contributed by atoms with Crippen LogP contribution in [0.1, 0.15) is 62.3 Å². The fourth-order valence-electron chi connectivity index (χ4n) is 4.41. The van der Waals surface area contributed by atoms with Crippen LogP contribution in [-0.4, -0.2) is 43.6 Å². The lowest BCUT2D eigenvalue weighted by Crippen LogP contribution is -2.41. The zero-order valence-electron chi connectivity index (χ0n) is 21.2. The topological polar surface area (TPSA) is 82.1 Å². The van der Waals surface area contributed by atoms with Gasteiger partial charge in [-0.05, 0) is 63.3 Å². The number of alkyl halides is 3. The second kappa shape index (κ2) is 10.5. The van der Waals surface area contributed by atoms with Crippen molar-refractivity contribution in [3.05, 3.63) is 70.0 Å². The standard InChI is InChI=1S/C26H26ClF4NO6S/c1-25(2,3)37-24(33)32-11-9-15(10-12-32)17-5-4-6-19-22(38-39(34,35)26(29,30)31)14-21(36-23(17)19)18-8-7-16(27)13-20(18)28/h4-8,13-15,21H,9-12H2,1-3H3. The first-order valence-electron chi connectivity index (χ1n) is 12.0. The predicted octanol–water partition coefficient (Wildman–Crippen LogP) is 6.93. The lowest BCUT2D eigenvalue weighted by atomic mass is 9.86. The largest absolute Gasteiger partial charge is 0.534 e. The molecule has 39 heavy (non-hydrogen) atoms. The number of rotatable bonds is 4. The van der Waals surface area contributed by atoms with E-state index in [0.717, 1.165) is 12.1 Å². The monoisotopic (exact) mass is 591 g/mol. The normalized spacial score (nSPS) is 18.6. The quantitative estimate of drug-likeness (QED) is 0.218. The van der Waals surface area contributed by atoms with E-state index in [-0.39, 0.29) is 27.8 Å². The molecule has 212 valence electrons. The molecule has 7 nitrogen and oxygen atoms in total. The molecule has 0 N–H and O–H groups in total. The zero-order chi connectivity index (χ0) is 28.8. The van der Waals surface area contributed by atoms with Crippen LogP contribution < -0.4 is 4.74 Å². The molecule has 13 heteroatoms. The van der Waals surface area contributed by atoms with Crippen LogP contribution in [0.15, 0.2) is 42.5 Å². The van der Waals surface area contributed by atoms with Gasteiger partial charge in [-0.15, -0.1) is 0 Å². The van der Waals surface area contributed by atoms with Crippen LogP contribution in [0.2, 0.25) is 5.02 Å². The Kier molecular flexibility index (Phi) is 7.83. The van der Waals surface area contributed by atoms with E-state index in [0.29, 0.717) is 31.5 Å². The van der Waals surface area contributed by atoms with Gasteiger partial charge in [0.15, 0.2) is 5.76 Å². The molecule has 1 amide bonds. The fraction of sp³-hybridized carbons (Fsp3) is 0.423. The van der Waals surface area contributed by atoms with Crippen molar-refractivity contribution in [2.24, 2.45) is 0 Å². The van der Waals surface area contributed by atoms with E-state index in [2.05, 4.69) is 4.18 Å². The second-order valence-electron chi connectivity index (χ2n) is 10.2. The van der Waals surface area contributed by atoms with Crippen LogP contribution in [-0.2, 0) is 19.0 Å². The first kappa shape index (κ1) is 29.0. The Morgan fingerprint density at radius 2 is 1.74 bits per heavy atom. The molecule has 1 unspecified atom stereocenters. The number of hydrogen-bond donors (Lipinski definition) is 0. The Morgan fingerprint density at radius 3 is 2.33 bits per heavy atom. The molecule has 2 aliphatic heterocycles. The molecule has 0 aliphatic carbocycles. The third-order valence-electron chi connectivity index (χ3n) is 6.20. The average molecular weight is 592 g/mol. The SMILES string of the molecule is CC(C)(C)OC(=O)N1CCC(c2cccc3c2OC(c2ccc(Cl)cc2F)C=C3OS(=O)(=O)C(F)(F)F)CC1. The molecule has 2 aromatic rings. The second-order valence-corrected chi connectivity index (χ2v) is 12.2. The van der Waals surface area contributed by atoms with Gasteiger partial charge < -0.3 is 18.6 Å². The number of ether oxygens (including phenoxy) is 2. The zero-order valence-corrected chi connectivity index (χ0v) is 22.8. The Labute approximate surface area is 228 Å². The molecule has 2 heterocycles. The molecule has 1 atom stereocenters. The van der Waals surface area contributed by atoms with E-state index in [9.17, 15) is 30.8 Å². The Bertz CT molecular complexity index is 1400. The van der Waals surface area contributed by atoms with Crippen molar-refractivity contribution in [1.29, 1.82) is 0 Å². The van der Waals surface area contributed by atoms with Gasteiger partial charge in [0, 0.05) is 29.8 Å². The van der Waals surface area contributed by atoms with Gasteiger partial charge in [-0.2, -0.15) is 21.6 Å².